The number of aliphatic carboxylic acids is 1. The van der Waals surface area contributed by atoms with Gasteiger partial charge in [0.2, 0.25) is 0 Å². The van der Waals surface area contributed by atoms with Crippen LogP contribution in [0.5, 0.6) is 0 Å². The number of carboxylic acids is 1. The summed E-state index contributed by atoms with van der Waals surface area (Å²) in [5, 5.41) is 9.00. The predicted octanol–water partition coefficient (Wildman–Crippen LogP) is 1.27. The first-order valence-corrected chi connectivity index (χ1v) is 5.17. The number of rotatable bonds is 5. The van der Waals surface area contributed by atoms with E-state index in [1.165, 1.54) is 0 Å². The maximum absolute atomic E-state index is 13.3. The summed E-state index contributed by atoms with van der Waals surface area (Å²) >= 11 is 0.868. The third kappa shape index (κ3) is 4.26. The van der Waals surface area contributed by atoms with Crippen molar-refractivity contribution in [2.75, 3.05) is 0 Å². The molecule has 2 unspecified atom stereocenters. The Bertz CT molecular complexity index is 323. The van der Waals surface area contributed by atoms with E-state index in [9.17, 15) is 9.18 Å². The van der Waals surface area contributed by atoms with Crippen LogP contribution in [0.1, 0.15) is 6.42 Å². The molecule has 0 aliphatic carbocycles. The number of pyridine rings is 1. The largest absolute Gasteiger partial charge is 0.480 e. The van der Waals surface area contributed by atoms with Crippen LogP contribution in [0, 0.1) is 0 Å². The Balaban J connectivity index is 2.43. The zero-order valence-corrected chi connectivity index (χ0v) is 8.65. The molecule has 2 atom stereocenters. The third-order valence-electron chi connectivity index (χ3n) is 1.64. The molecule has 0 aliphatic rings. The zero-order valence-electron chi connectivity index (χ0n) is 7.84. The van der Waals surface area contributed by atoms with Crippen molar-refractivity contribution in [2.24, 2.45) is 5.73 Å². The zero-order chi connectivity index (χ0) is 11.3. The maximum atomic E-state index is 13.3. The number of hydrogen-bond donors (Lipinski definition) is 2. The minimum absolute atomic E-state index is 0.226. The van der Waals surface area contributed by atoms with Crippen LogP contribution in [0.15, 0.2) is 29.4 Å². The smallest absolute Gasteiger partial charge is 0.320 e. The first-order valence-electron chi connectivity index (χ1n) is 4.29. The number of carbonyl (C=O) groups is 1. The van der Waals surface area contributed by atoms with Gasteiger partial charge in [0.05, 0.1) is 5.03 Å². The molecule has 0 amide bonds. The van der Waals surface area contributed by atoms with E-state index in [-0.39, 0.29) is 6.42 Å². The third-order valence-corrected chi connectivity index (χ3v) is 2.57. The summed E-state index contributed by atoms with van der Waals surface area (Å²) < 4.78 is 13.3. The quantitative estimate of drug-likeness (QED) is 0.745. The van der Waals surface area contributed by atoms with E-state index in [1.807, 2.05) is 0 Å². The van der Waals surface area contributed by atoms with Crippen LogP contribution in [0.4, 0.5) is 4.39 Å². The van der Waals surface area contributed by atoms with Gasteiger partial charge in [0, 0.05) is 12.6 Å². The molecule has 0 spiro atoms. The van der Waals surface area contributed by atoms with Gasteiger partial charge in [0.1, 0.15) is 6.04 Å². The maximum Gasteiger partial charge on any atom is 0.320 e. The molecule has 82 valence electrons. The molecule has 0 bridgehead atoms. The van der Waals surface area contributed by atoms with Crippen molar-refractivity contribution < 1.29 is 14.3 Å². The summed E-state index contributed by atoms with van der Waals surface area (Å²) in [6.07, 6.45) is 1.32. The van der Waals surface area contributed by atoms with Gasteiger partial charge in [-0.15, -0.1) is 0 Å². The highest BCUT2D eigenvalue weighted by molar-refractivity contribution is 7.99. The summed E-state index contributed by atoms with van der Waals surface area (Å²) in [7, 11) is 0. The normalized spacial score (nSPS) is 14.5. The number of aromatic nitrogens is 1. The fourth-order valence-corrected chi connectivity index (χ4v) is 1.74. The SMILES string of the molecule is NC(CC(F)Sc1ccccn1)C(=O)O. The van der Waals surface area contributed by atoms with E-state index < -0.39 is 17.5 Å². The van der Waals surface area contributed by atoms with Gasteiger partial charge in [-0.1, -0.05) is 17.8 Å². The van der Waals surface area contributed by atoms with E-state index in [4.69, 9.17) is 10.8 Å². The van der Waals surface area contributed by atoms with Crippen molar-refractivity contribution in [1.82, 2.24) is 4.98 Å². The standard InChI is InChI=1S/C9H11FN2O2S/c10-7(5-6(11)9(13)14)15-8-3-1-2-4-12-8/h1-4,6-7H,5,11H2,(H,13,14). The molecule has 0 aromatic carbocycles. The molecular formula is C9H11FN2O2S. The Morgan fingerprint density at radius 2 is 2.40 bits per heavy atom. The van der Waals surface area contributed by atoms with Gasteiger partial charge in [-0.2, -0.15) is 0 Å². The van der Waals surface area contributed by atoms with Gasteiger partial charge in [0.15, 0.2) is 5.50 Å². The second-order valence-electron chi connectivity index (χ2n) is 2.88. The molecule has 6 heteroatoms. The van der Waals surface area contributed by atoms with Crippen LogP contribution >= 0.6 is 11.8 Å². The highest BCUT2D eigenvalue weighted by atomic mass is 32.2. The molecule has 0 fully saturated rings. The summed E-state index contributed by atoms with van der Waals surface area (Å²) in [6.45, 7) is 0. The van der Waals surface area contributed by atoms with Crippen LogP contribution in [-0.2, 0) is 4.79 Å². The van der Waals surface area contributed by atoms with Crippen molar-refractivity contribution >= 4 is 17.7 Å². The highest BCUT2D eigenvalue weighted by Gasteiger charge is 2.19. The van der Waals surface area contributed by atoms with Crippen molar-refractivity contribution in [1.29, 1.82) is 0 Å². The average Bonchev–Trinajstić information content (AvgIpc) is 2.18. The topological polar surface area (TPSA) is 76.2 Å². The van der Waals surface area contributed by atoms with Crippen LogP contribution < -0.4 is 5.73 Å². The first-order chi connectivity index (χ1) is 7.09. The highest BCUT2D eigenvalue weighted by Crippen LogP contribution is 2.24. The van der Waals surface area contributed by atoms with Gasteiger partial charge in [-0.3, -0.25) is 4.79 Å². The van der Waals surface area contributed by atoms with E-state index in [2.05, 4.69) is 4.98 Å². The lowest BCUT2D eigenvalue weighted by Gasteiger charge is -2.09. The minimum Gasteiger partial charge on any atom is -0.480 e. The Hall–Kier alpha value is -1.14. The van der Waals surface area contributed by atoms with Gasteiger partial charge in [-0.25, -0.2) is 9.37 Å². The van der Waals surface area contributed by atoms with Gasteiger partial charge in [0.25, 0.3) is 0 Å². The van der Waals surface area contributed by atoms with Crippen molar-refractivity contribution in [2.45, 2.75) is 23.0 Å². The van der Waals surface area contributed by atoms with E-state index in [1.54, 1.807) is 24.4 Å². The number of halogens is 1. The van der Waals surface area contributed by atoms with Crippen LogP contribution in [-0.4, -0.2) is 27.6 Å². The second kappa shape index (κ2) is 5.67. The van der Waals surface area contributed by atoms with Crippen LogP contribution in [0.25, 0.3) is 0 Å². The fraction of sp³-hybridized carbons (Fsp3) is 0.333. The number of hydrogen-bond acceptors (Lipinski definition) is 4. The van der Waals surface area contributed by atoms with Crippen LogP contribution in [0.2, 0.25) is 0 Å². The molecule has 1 aromatic heterocycles. The van der Waals surface area contributed by atoms with Gasteiger partial charge in [-0.05, 0) is 12.1 Å². The lowest BCUT2D eigenvalue weighted by atomic mass is 10.2. The Morgan fingerprint density at radius 3 is 2.93 bits per heavy atom. The Morgan fingerprint density at radius 1 is 1.67 bits per heavy atom. The number of thioether (sulfide) groups is 1. The molecular weight excluding hydrogens is 219 g/mol. The summed E-state index contributed by atoms with van der Waals surface area (Å²) in [6, 6.07) is 3.94. The van der Waals surface area contributed by atoms with E-state index in [0.717, 1.165) is 11.8 Å². The lowest BCUT2D eigenvalue weighted by molar-refractivity contribution is -0.138. The summed E-state index contributed by atoms with van der Waals surface area (Å²) in [5.74, 6) is -1.20. The molecule has 1 aromatic rings. The molecule has 1 rings (SSSR count). The fourth-order valence-electron chi connectivity index (χ4n) is 0.896. The van der Waals surface area contributed by atoms with Gasteiger partial charge < -0.3 is 10.8 Å². The van der Waals surface area contributed by atoms with E-state index in [0.29, 0.717) is 5.03 Å². The number of nitrogens with zero attached hydrogens (tertiary/aromatic N) is 1. The molecule has 0 radical (unpaired) electrons. The number of carboxylic acid groups (broad SMARTS) is 1. The number of nitrogens with two attached hydrogens (primary N) is 1. The van der Waals surface area contributed by atoms with E-state index >= 15 is 0 Å². The minimum atomic E-state index is -1.36. The monoisotopic (exact) mass is 230 g/mol. The Labute approximate surface area is 90.7 Å². The molecule has 0 saturated heterocycles. The van der Waals surface area contributed by atoms with Gasteiger partial charge >= 0.3 is 5.97 Å². The molecule has 4 nitrogen and oxygen atoms in total. The predicted molar refractivity (Wildman–Crippen MR) is 55.2 cm³/mol. The Kier molecular flexibility index (Phi) is 4.51. The summed E-state index contributed by atoms with van der Waals surface area (Å²) in [5.41, 5.74) is 3.84. The first kappa shape index (κ1) is 11.9. The molecule has 3 N–H and O–H groups in total. The van der Waals surface area contributed by atoms with Crippen molar-refractivity contribution in [3.63, 3.8) is 0 Å². The summed E-state index contributed by atoms with van der Waals surface area (Å²) in [4.78, 5) is 14.3. The second-order valence-corrected chi connectivity index (χ2v) is 4.04. The number of alkyl halides is 1. The molecule has 15 heavy (non-hydrogen) atoms. The average molecular weight is 230 g/mol. The molecule has 1 heterocycles. The van der Waals surface area contributed by atoms with Crippen molar-refractivity contribution in [3.05, 3.63) is 24.4 Å². The van der Waals surface area contributed by atoms with Crippen molar-refractivity contribution in [3.8, 4) is 0 Å². The molecule has 0 saturated carbocycles. The lowest BCUT2D eigenvalue weighted by Crippen LogP contribution is -2.32. The van der Waals surface area contributed by atoms with Crippen LogP contribution in [0.3, 0.4) is 0 Å². The molecule has 0 aliphatic heterocycles.